The average Bonchev–Trinajstić information content (AvgIpc) is 2.21. The van der Waals surface area contributed by atoms with E-state index >= 15 is 0 Å². The molecule has 9 heteroatoms. The third-order valence-corrected chi connectivity index (χ3v) is 10.4. The van der Waals surface area contributed by atoms with E-state index in [1.165, 1.54) is 0 Å². The van der Waals surface area contributed by atoms with E-state index in [1.54, 1.807) is 0 Å². The van der Waals surface area contributed by atoms with E-state index in [1.807, 2.05) is 0 Å². The van der Waals surface area contributed by atoms with Gasteiger partial charge in [-0.15, -0.1) is 0 Å². The van der Waals surface area contributed by atoms with Gasteiger partial charge in [-0.3, -0.25) is 0 Å². The molecule has 0 unspecified atom stereocenters. The number of hydrogen-bond donors (Lipinski definition) is 1. The predicted octanol–water partition coefficient (Wildman–Crippen LogP) is 1.93. The standard InChI is InChI=1S/C5H9NO5Si.C4H9.ClH.Sn/c7-4(8)6-2-1-3-12-9-5(10-12)11-12;1-3-4-2;;/h5-6H,1-3H2,(H,7,8);1,3-4H2,2H3;1H;/q;;;+2/p-2. The number of rotatable bonds is 8. The van der Waals surface area contributed by atoms with Gasteiger partial charge in [-0.2, -0.15) is 0 Å². The summed E-state index contributed by atoms with van der Waals surface area (Å²) < 4.78 is 21.9. The van der Waals surface area contributed by atoms with Crippen LogP contribution in [0.5, 0.6) is 0 Å². The van der Waals surface area contributed by atoms with Crippen molar-refractivity contribution in [1.29, 1.82) is 0 Å². The van der Waals surface area contributed by atoms with E-state index in [2.05, 4.69) is 12.2 Å². The zero-order valence-electron chi connectivity index (χ0n) is 10.2. The fourth-order valence-electron chi connectivity index (χ4n) is 1.64. The Kier molecular flexibility index (Phi) is 5.57. The van der Waals surface area contributed by atoms with Gasteiger partial charge < -0.3 is 0 Å². The van der Waals surface area contributed by atoms with Crippen LogP contribution in [0.2, 0.25) is 10.5 Å². The molecule has 3 rings (SSSR count). The predicted molar refractivity (Wildman–Crippen MR) is 68.0 cm³/mol. The van der Waals surface area contributed by atoms with Crippen molar-refractivity contribution in [1.82, 2.24) is 5.32 Å². The number of carbonyl (C=O) groups excluding carboxylic acids is 1. The van der Waals surface area contributed by atoms with Gasteiger partial charge in [0.1, 0.15) is 0 Å². The molecule has 0 atom stereocenters. The fourth-order valence-corrected chi connectivity index (χ4v) is 7.78. The summed E-state index contributed by atoms with van der Waals surface area (Å²) in [6.07, 6.45) is 2.49. The van der Waals surface area contributed by atoms with Crippen LogP contribution in [-0.2, 0) is 16.4 Å². The second-order valence-electron chi connectivity index (χ2n) is 4.20. The van der Waals surface area contributed by atoms with E-state index in [4.69, 9.17) is 25.3 Å². The minimum absolute atomic E-state index is 0.390. The van der Waals surface area contributed by atoms with Crippen molar-refractivity contribution in [2.45, 2.75) is 43.1 Å². The molecule has 3 saturated heterocycles. The van der Waals surface area contributed by atoms with Crippen molar-refractivity contribution in [3.63, 3.8) is 0 Å². The molecule has 3 fully saturated rings. The van der Waals surface area contributed by atoms with Crippen molar-refractivity contribution in [2.24, 2.45) is 0 Å². The molecule has 1 amide bonds. The number of carbonyl (C=O) groups is 1. The summed E-state index contributed by atoms with van der Waals surface area (Å²) in [5.74, 6) is 0. The van der Waals surface area contributed by atoms with E-state index in [0.29, 0.717) is 6.54 Å². The molecule has 0 aromatic rings. The molecule has 3 aliphatic rings. The molecule has 2 bridgehead atoms. The first kappa shape index (κ1) is 14.9. The number of unbranched alkanes of at least 4 members (excludes halogenated alkanes) is 1. The monoisotopic (exact) mass is 402 g/mol. The van der Waals surface area contributed by atoms with Gasteiger partial charge in [-0.05, 0) is 0 Å². The van der Waals surface area contributed by atoms with Gasteiger partial charge >= 0.3 is 119 Å². The summed E-state index contributed by atoms with van der Waals surface area (Å²) in [5, 5.41) is 2.69. The first-order chi connectivity index (χ1) is 8.63. The molecule has 3 heterocycles. The summed E-state index contributed by atoms with van der Waals surface area (Å²) in [4.78, 5) is 11.4. The quantitative estimate of drug-likeness (QED) is 0.497. The summed E-state index contributed by atoms with van der Waals surface area (Å²) in [6.45, 7) is 2.24. The summed E-state index contributed by atoms with van der Waals surface area (Å²) in [6, 6.07) is 0.742. The zero-order valence-corrected chi connectivity index (χ0v) is 14.8. The first-order valence-corrected chi connectivity index (χ1v) is 14.9. The number of hydrogen-bond acceptors (Lipinski definition) is 5. The Bertz CT molecular complexity index is 294. The van der Waals surface area contributed by atoms with Gasteiger partial charge in [0.25, 0.3) is 0 Å². The molecule has 18 heavy (non-hydrogen) atoms. The third-order valence-electron chi connectivity index (χ3n) is 2.69. The Hall–Kier alpha value is 0.456. The first-order valence-electron chi connectivity index (χ1n) is 6.14. The maximum absolute atomic E-state index is 11.4. The van der Waals surface area contributed by atoms with Gasteiger partial charge in [-0.25, -0.2) is 0 Å². The maximum atomic E-state index is 11.4. The van der Waals surface area contributed by atoms with Crippen molar-refractivity contribution >= 4 is 42.9 Å². The van der Waals surface area contributed by atoms with Gasteiger partial charge in [0.15, 0.2) is 0 Å². The van der Waals surface area contributed by atoms with Crippen molar-refractivity contribution < 1.29 is 21.1 Å². The van der Waals surface area contributed by atoms with Crippen LogP contribution < -0.4 is 5.32 Å². The van der Waals surface area contributed by atoms with Gasteiger partial charge in [0.05, 0.1) is 0 Å². The Balaban J connectivity index is 1.46. The molecule has 0 spiro atoms. The SMILES string of the molecule is CCC[CH2][Sn]([Cl])[O]C(=O)NCCC[Si]12OC(O1)O2. The summed E-state index contributed by atoms with van der Waals surface area (Å²) in [5.41, 5.74) is 0. The topological polar surface area (TPSA) is 66.0 Å². The Morgan fingerprint density at radius 3 is 2.72 bits per heavy atom. The molecular weight excluding hydrogens is 384 g/mol. The fraction of sp³-hybridized carbons (Fsp3) is 0.889. The molecule has 0 aliphatic carbocycles. The minimum atomic E-state index is -2.40. The van der Waals surface area contributed by atoms with Gasteiger partial charge in [-0.1, -0.05) is 0 Å². The molecule has 1 N–H and O–H groups in total. The van der Waals surface area contributed by atoms with Crippen molar-refractivity contribution in [2.75, 3.05) is 6.54 Å². The molecule has 1 radical (unpaired) electrons. The molecular formula is C9H17ClNO5SiSn. The van der Waals surface area contributed by atoms with Gasteiger partial charge in [0, 0.05) is 0 Å². The van der Waals surface area contributed by atoms with Crippen molar-refractivity contribution in [3.8, 4) is 0 Å². The van der Waals surface area contributed by atoms with Crippen LogP contribution in [0.25, 0.3) is 0 Å². The van der Waals surface area contributed by atoms with Crippen LogP contribution in [0.3, 0.4) is 0 Å². The number of amides is 1. The molecule has 0 aromatic heterocycles. The van der Waals surface area contributed by atoms with Crippen LogP contribution in [0.1, 0.15) is 26.2 Å². The van der Waals surface area contributed by atoms with Gasteiger partial charge in [0.2, 0.25) is 0 Å². The summed E-state index contributed by atoms with van der Waals surface area (Å²) >= 11 is -2.40. The van der Waals surface area contributed by atoms with E-state index < -0.39 is 40.4 Å². The van der Waals surface area contributed by atoms with Crippen LogP contribution in [0.15, 0.2) is 0 Å². The summed E-state index contributed by atoms with van der Waals surface area (Å²) in [7, 11) is 3.86. The van der Waals surface area contributed by atoms with Crippen LogP contribution >= 0.6 is 8.92 Å². The molecule has 0 aromatic carbocycles. The number of halogens is 1. The van der Waals surface area contributed by atoms with Crippen molar-refractivity contribution in [3.05, 3.63) is 0 Å². The molecule has 0 saturated carbocycles. The van der Waals surface area contributed by atoms with E-state index in [-0.39, 0.29) is 0 Å². The average molecular weight is 401 g/mol. The van der Waals surface area contributed by atoms with Crippen LogP contribution in [0.4, 0.5) is 4.79 Å². The Labute approximate surface area is 119 Å². The number of nitrogens with one attached hydrogen (secondary N) is 1. The third kappa shape index (κ3) is 3.97. The second kappa shape index (κ2) is 6.75. The molecule has 103 valence electrons. The Morgan fingerprint density at radius 1 is 1.44 bits per heavy atom. The Morgan fingerprint density at radius 2 is 2.17 bits per heavy atom. The van der Waals surface area contributed by atoms with Crippen LogP contribution in [0, 0.1) is 0 Å². The molecule has 3 aliphatic heterocycles. The second-order valence-corrected chi connectivity index (χ2v) is 13.6. The normalized spacial score (nSPS) is 28.5. The van der Waals surface area contributed by atoms with E-state index in [0.717, 1.165) is 29.7 Å². The van der Waals surface area contributed by atoms with E-state index in [9.17, 15) is 4.79 Å². The zero-order chi connectivity index (χ0) is 13.0. The molecule has 6 nitrogen and oxygen atoms in total. The van der Waals surface area contributed by atoms with Crippen LogP contribution in [-0.4, -0.2) is 47.0 Å².